The molecule has 4 nitrogen and oxygen atoms in total. The van der Waals surface area contributed by atoms with Crippen LogP contribution in [-0.2, 0) is 21.4 Å². The molecule has 1 N–H and O–H groups in total. The summed E-state index contributed by atoms with van der Waals surface area (Å²) in [4.78, 5) is 24.5. The molecule has 0 spiro atoms. The van der Waals surface area contributed by atoms with Gasteiger partial charge >= 0.3 is 5.97 Å². The van der Waals surface area contributed by atoms with Crippen molar-refractivity contribution >= 4 is 17.6 Å². The van der Waals surface area contributed by atoms with Gasteiger partial charge in [0.2, 0.25) is 5.91 Å². The zero-order valence-corrected chi connectivity index (χ0v) is 10.9. The zero-order chi connectivity index (χ0) is 13.5. The lowest BCUT2D eigenvalue weighted by Crippen LogP contribution is -2.32. The van der Waals surface area contributed by atoms with Gasteiger partial charge in [-0.1, -0.05) is 12.1 Å². The number of amides is 1. The maximum Gasteiger partial charge on any atom is 0.313 e. The van der Waals surface area contributed by atoms with Gasteiger partial charge in [0.1, 0.15) is 0 Å². The predicted octanol–water partition coefficient (Wildman–Crippen LogP) is 1.96. The van der Waals surface area contributed by atoms with Crippen LogP contribution in [0.15, 0.2) is 18.2 Å². The molecule has 0 atom stereocenters. The number of carbonyl (C=O) groups is 2. The van der Waals surface area contributed by atoms with Crippen molar-refractivity contribution in [2.45, 2.75) is 32.1 Å². The van der Waals surface area contributed by atoms with E-state index < -0.39 is 11.4 Å². The number of anilines is 1. The quantitative estimate of drug-likeness (QED) is 0.869. The summed E-state index contributed by atoms with van der Waals surface area (Å²) >= 11 is 0. The third kappa shape index (κ3) is 1.88. The first-order valence-corrected chi connectivity index (χ1v) is 5.97. The maximum absolute atomic E-state index is 11.6. The van der Waals surface area contributed by atoms with Crippen molar-refractivity contribution in [3.05, 3.63) is 29.3 Å². The highest BCUT2D eigenvalue weighted by Gasteiger charge is 2.31. The van der Waals surface area contributed by atoms with E-state index in [1.807, 2.05) is 12.1 Å². The molecule has 0 saturated heterocycles. The number of nitrogens with zero attached hydrogens (tertiary/aromatic N) is 1. The van der Waals surface area contributed by atoms with Gasteiger partial charge in [0, 0.05) is 19.2 Å². The van der Waals surface area contributed by atoms with Crippen LogP contribution >= 0.6 is 0 Å². The van der Waals surface area contributed by atoms with Crippen LogP contribution in [0.1, 0.15) is 31.4 Å². The third-order valence-electron chi connectivity index (χ3n) is 3.68. The number of hydrogen-bond acceptors (Lipinski definition) is 2. The Bertz CT molecular complexity index is 520. The van der Waals surface area contributed by atoms with Crippen molar-refractivity contribution in [2.75, 3.05) is 11.9 Å². The Kier molecular flexibility index (Phi) is 2.89. The van der Waals surface area contributed by atoms with E-state index in [-0.39, 0.29) is 5.91 Å². The van der Waals surface area contributed by atoms with Gasteiger partial charge in [-0.15, -0.1) is 0 Å². The molecular weight excluding hydrogens is 230 g/mol. The van der Waals surface area contributed by atoms with Gasteiger partial charge in [-0.2, -0.15) is 0 Å². The van der Waals surface area contributed by atoms with Crippen molar-refractivity contribution in [1.82, 2.24) is 0 Å². The second kappa shape index (κ2) is 4.12. The molecule has 18 heavy (non-hydrogen) atoms. The van der Waals surface area contributed by atoms with Crippen LogP contribution in [0.2, 0.25) is 0 Å². The second-order valence-electron chi connectivity index (χ2n) is 5.23. The Morgan fingerprint density at radius 2 is 2.00 bits per heavy atom. The van der Waals surface area contributed by atoms with E-state index in [4.69, 9.17) is 0 Å². The molecule has 0 saturated carbocycles. The third-order valence-corrected chi connectivity index (χ3v) is 3.68. The van der Waals surface area contributed by atoms with Crippen molar-refractivity contribution in [1.29, 1.82) is 0 Å². The summed E-state index contributed by atoms with van der Waals surface area (Å²) in [7, 11) is 1.75. The van der Waals surface area contributed by atoms with Gasteiger partial charge in [-0.25, -0.2) is 0 Å². The number of aliphatic carboxylic acids is 1. The minimum atomic E-state index is -0.908. The Morgan fingerprint density at radius 3 is 2.61 bits per heavy atom. The number of carbonyl (C=O) groups excluding carboxylic acids is 1. The molecule has 0 bridgehead atoms. The van der Waals surface area contributed by atoms with Gasteiger partial charge in [0.25, 0.3) is 0 Å². The molecule has 1 aromatic rings. The molecule has 1 aliphatic rings. The predicted molar refractivity (Wildman–Crippen MR) is 68.8 cm³/mol. The number of fused-ring (bicyclic) bond motifs is 1. The molecule has 1 aliphatic heterocycles. The van der Waals surface area contributed by atoms with Crippen molar-refractivity contribution < 1.29 is 14.7 Å². The molecule has 96 valence electrons. The van der Waals surface area contributed by atoms with Crippen LogP contribution in [0, 0.1) is 0 Å². The van der Waals surface area contributed by atoms with Crippen LogP contribution in [0.5, 0.6) is 0 Å². The zero-order valence-electron chi connectivity index (χ0n) is 10.9. The average molecular weight is 247 g/mol. The molecule has 2 rings (SSSR count). The maximum atomic E-state index is 11.6. The van der Waals surface area contributed by atoms with E-state index in [0.29, 0.717) is 12.8 Å². The normalized spacial score (nSPS) is 15.5. The Hall–Kier alpha value is -1.84. The number of aryl methyl sites for hydroxylation is 1. The number of hydrogen-bond donors (Lipinski definition) is 1. The number of benzene rings is 1. The Morgan fingerprint density at radius 1 is 1.33 bits per heavy atom. The van der Waals surface area contributed by atoms with Crippen LogP contribution in [0.4, 0.5) is 5.69 Å². The SMILES string of the molecule is CN1C(=O)CCc2cc(C(C)(C)C(=O)O)ccc21. The molecular formula is C14H17NO3. The van der Waals surface area contributed by atoms with E-state index in [9.17, 15) is 14.7 Å². The number of carboxylic acids is 1. The summed E-state index contributed by atoms with van der Waals surface area (Å²) in [5, 5.41) is 9.23. The summed E-state index contributed by atoms with van der Waals surface area (Å²) in [5.74, 6) is -0.740. The molecule has 0 radical (unpaired) electrons. The van der Waals surface area contributed by atoms with Crippen molar-refractivity contribution in [3.63, 3.8) is 0 Å². The molecule has 1 heterocycles. The fraction of sp³-hybridized carbons (Fsp3) is 0.429. The van der Waals surface area contributed by atoms with E-state index in [0.717, 1.165) is 16.8 Å². The minimum absolute atomic E-state index is 0.104. The lowest BCUT2D eigenvalue weighted by Gasteiger charge is -2.28. The molecule has 0 aromatic heterocycles. The summed E-state index contributed by atoms with van der Waals surface area (Å²) in [5.41, 5.74) is 1.80. The lowest BCUT2D eigenvalue weighted by atomic mass is 9.83. The van der Waals surface area contributed by atoms with E-state index in [2.05, 4.69) is 0 Å². The van der Waals surface area contributed by atoms with Crippen LogP contribution in [-0.4, -0.2) is 24.0 Å². The summed E-state index contributed by atoms with van der Waals surface area (Å²) in [6.07, 6.45) is 1.17. The molecule has 0 unspecified atom stereocenters. The summed E-state index contributed by atoms with van der Waals surface area (Å²) in [6.45, 7) is 3.38. The molecule has 1 amide bonds. The largest absolute Gasteiger partial charge is 0.481 e. The Labute approximate surface area is 106 Å². The first-order chi connectivity index (χ1) is 8.34. The monoisotopic (exact) mass is 247 g/mol. The van der Waals surface area contributed by atoms with Crippen molar-refractivity contribution in [2.24, 2.45) is 0 Å². The van der Waals surface area contributed by atoms with Gasteiger partial charge in [-0.05, 0) is 37.5 Å². The second-order valence-corrected chi connectivity index (χ2v) is 5.23. The number of carboxylic acid groups (broad SMARTS) is 1. The van der Waals surface area contributed by atoms with Crippen LogP contribution in [0.25, 0.3) is 0 Å². The molecule has 4 heteroatoms. The van der Waals surface area contributed by atoms with E-state index in [1.165, 1.54) is 0 Å². The molecule has 1 aromatic carbocycles. The van der Waals surface area contributed by atoms with Crippen molar-refractivity contribution in [3.8, 4) is 0 Å². The minimum Gasteiger partial charge on any atom is -0.481 e. The summed E-state index contributed by atoms with van der Waals surface area (Å²) in [6, 6.07) is 5.54. The standard InChI is InChI=1S/C14H17NO3/c1-14(2,13(17)18)10-5-6-11-9(8-10)4-7-12(16)15(11)3/h5-6,8H,4,7H2,1-3H3,(H,17,18). The van der Waals surface area contributed by atoms with E-state index >= 15 is 0 Å². The highest BCUT2D eigenvalue weighted by molar-refractivity contribution is 5.96. The van der Waals surface area contributed by atoms with E-state index in [1.54, 1.807) is 31.9 Å². The fourth-order valence-corrected chi connectivity index (χ4v) is 2.17. The van der Waals surface area contributed by atoms with Gasteiger partial charge in [0.05, 0.1) is 5.41 Å². The number of rotatable bonds is 2. The lowest BCUT2D eigenvalue weighted by molar-refractivity contribution is -0.142. The Balaban J connectivity index is 2.46. The highest BCUT2D eigenvalue weighted by Crippen LogP contribution is 2.32. The fourth-order valence-electron chi connectivity index (χ4n) is 2.17. The first-order valence-electron chi connectivity index (χ1n) is 5.97. The molecule has 0 aliphatic carbocycles. The smallest absolute Gasteiger partial charge is 0.313 e. The highest BCUT2D eigenvalue weighted by atomic mass is 16.4. The van der Waals surface area contributed by atoms with Crippen LogP contribution < -0.4 is 4.90 Å². The van der Waals surface area contributed by atoms with Gasteiger partial charge in [-0.3, -0.25) is 9.59 Å². The topological polar surface area (TPSA) is 57.6 Å². The summed E-state index contributed by atoms with van der Waals surface area (Å²) < 4.78 is 0. The molecule has 0 fully saturated rings. The van der Waals surface area contributed by atoms with Gasteiger partial charge in [0.15, 0.2) is 0 Å². The van der Waals surface area contributed by atoms with Crippen LogP contribution in [0.3, 0.4) is 0 Å². The van der Waals surface area contributed by atoms with Gasteiger partial charge < -0.3 is 10.0 Å². The average Bonchev–Trinajstić information content (AvgIpc) is 2.33. The first kappa shape index (κ1) is 12.6.